The fourth-order valence-corrected chi connectivity index (χ4v) is 8.32. The van der Waals surface area contributed by atoms with Crippen LogP contribution in [-0.4, -0.2) is 9.83 Å². The summed E-state index contributed by atoms with van der Waals surface area (Å²) >= 11 is 6.19. The Balaban J connectivity index is 1.46. The zero-order valence-electron chi connectivity index (χ0n) is 17.5. The third-order valence-corrected chi connectivity index (χ3v) is 10.1. The molecule has 0 aliphatic heterocycles. The molecule has 3 unspecified atom stereocenters. The minimum absolute atomic E-state index is 0.562. The molecule has 0 nitrogen and oxygen atoms in total. The van der Waals surface area contributed by atoms with Gasteiger partial charge in [-0.15, -0.1) is 35.3 Å². The maximum atomic E-state index is 2.44. The molecule has 1 aliphatic carbocycles. The Labute approximate surface area is 194 Å². The van der Waals surface area contributed by atoms with Crippen LogP contribution in [0.1, 0.15) is 32.6 Å². The van der Waals surface area contributed by atoms with Crippen molar-refractivity contribution in [3.8, 4) is 0 Å². The van der Waals surface area contributed by atoms with Crippen LogP contribution in [0.25, 0.3) is 0 Å². The van der Waals surface area contributed by atoms with E-state index in [0.717, 1.165) is 11.8 Å². The van der Waals surface area contributed by atoms with Crippen LogP contribution >= 0.6 is 35.3 Å². The monoisotopic (exact) mass is 450 g/mol. The second kappa shape index (κ2) is 11.4. The summed E-state index contributed by atoms with van der Waals surface area (Å²) in [5.74, 6) is 1.54. The van der Waals surface area contributed by atoms with Crippen LogP contribution in [0.2, 0.25) is 0 Å². The molecule has 1 fully saturated rings. The van der Waals surface area contributed by atoms with E-state index in [0.29, 0.717) is 9.83 Å². The Morgan fingerprint density at radius 1 is 0.600 bits per heavy atom. The average Bonchev–Trinajstić information content (AvgIpc) is 2.81. The highest BCUT2D eigenvalue weighted by Crippen LogP contribution is 2.47. The molecule has 1 aliphatic rings. The average molecular weight is 451 g/mol. The van der Waals surface area contributed by atoms with Crippen molar-refractivity contribution in [1.82, 2.24) is 0 Å². The van der Waals surface area contributed by atoms with Crippen LogP contribution in [0, 0.1) is 11.8 Å². The molecule has 30 heavy (non-hydrogen) atoms. The quantitative estimate of drug-likeness (QED) is 0.248. The predicted octanol–water partition coefficient (Wildman–Crippen LogP) is 8.88. The van der Waals surface area contributed by atoms with Crippen LogP contribution in [0.4, 0.5) is 0 Å². The van der Waals surface area contributed by atoms with Gasteiger partial charge in [-0.3, -0.25) is 0 Å². The topological polar surface area (TPSA) is 0 Å². The lowest BCUT2D eigenvalue weighted by atomic mass is 9.81. The summed E-state index contributed by atoms with van der Waals surface area (Å²) in [7, 11) is 0. The molecule has 0 spiro atoms. The van der Waals surface area contributed by atoms with Gasteiger partial charge in [-0.1, -0.05) is 67.9 Å². The summed E-state index contributed by atoms with van der Waals surface area (Å²) in [6.45, 7) is 2.44. The van der Waals surface area contributed by atoms with Gasteiger partial charge >= 0.3 is 0 Å². The Bertz CT molecular complexity index is 825. The third-order valence-electron chi connectivity index (χ3n) is 5.86. The van der Waals surface area contributed by atoms with Crippen molar-refractivity contribution in [2.24, 2.45) is 11.8 Å². The van der Waals surface area contributed by atoms with E-state index >= 15 is 0 Å². The highest BCUT2D eigenvalue weighted by Gasteiger charge is 2.32. The first-order valence-corrected chi connectivity index (χ1v) is 13.6. The minimum Gasteiger partial charge on any atom is -0.123 e. The van der Waals surface area contributed by atoms with Crippen LogP contribution in [0.5, 0.6) is 0 Å². The lowest BCUT2D eigenvalue weighted by Gasteiger charge is -2.36. The second-order valence-electron chi connectivity index (χ2n) is 8.05. The maximum absolute atomic E-state index is 2.44. The first-order chi connectivity index (χ1) is 14.8. The predicted molar refractivity (Wildman–Crippen MR) is 136 cm³/mol. The summed E-state index contributed by atoms with van der Waals surface area (Å²) in [6, 6.07) is 32.8. The third kappa shape index (κ3) is 6.35. The van der Waals surface area contributed by atoms with Crippen molar-refractivity contribution < 1.29 is 0 Å². The van der Waals surface area contributed by atoms with Gasteiger partial charge in [-0.05, 0) is 67.5 Å². The van der Waals surface area contributed by atoms with E-state index in [-0.39, 0.29) is 0 Å². The molecule has 3 heteroatoms. The fourth-order valence-electron chi connectivity index (χ4n) is 4.23. The van der Waals surface area contributed by atoms with E-state index in [9.17, 15) is 0 Å². The molecule has 4 rings (SSSR count). The Morgan fingerprint density at radius 3 is 1.53 bits per heavy atom. The van der Waals surface area contributed by atoms with Gasteiger partial charge in [-0.25, -0.2) is 0 Å². The van der Waals surface area contributed by atoms with Gasteiger partial charge < -0.3 is 0 Å². The molecule has 0 radical (unpaired) electrons. The van der Waals surface area contributed by atoms with Gasteiger partial charge in [0, 0.05) is 19.9 Å². The van der Waals surface area contributed by atoms with Gasteiger partial charge in [0.25, 0.3) is 0 Å². The van der Waals surface area contributed by atoms with Crippen LogP contribution in [0.15, 0.2) is 106 Å². The molecule has 3 aromatic rings. The molecule has 1 saturated carbocycles. The number of benzene rings is 3. The first kappa shape index (κ1) is 21.9. The zero-order chi connectivity index (χ0) is 20.6. The van der Waals surface area contributed by atoms with E-state index in [1.54, 1.807) is 0 Å². The maximum Gasteiger partial charge on any atom is 0.0625 e. The number of hydrogen-bond donors (Lipinski definition) is 0. The van der Waals surface area contributed by atoms with E-state index in [1.165, 1.54) is 40.4 Å². The zero-order valence-corrected chi connectivity index (χ0v) is 20.0. The number of hydrogen-bond acceptors (Lipinski definition) is 3. The van der Waals surface area contributed by atoms with E-state index in [2.05, 4.69) is 133 Å². The van der Waals surface area contributed by atoms with Crippen molar-refractivity contribution in [3.63, 3.8) is 0 Å². The van der Waals surface area contributed by atoms with Gasteiger partial charge in [0.15, 0.2) is 0 Å². The molecule has 0 aromatic heterocycles. The molecule has 0 saturated heterocycles. The smallest absolute Gasteiger partial charge is 0.0625 e. The molecule has 0 heterocycles. The SMILES string of the molecule is CC(Sc1ccccc1)C1CCCC(C(Sc2ccccc2)Sc2ccccc2)C1. The molecule has 0 amide bonds. The summed E-state index contributed by atoms with van der Waals surface area (Å²) in [5, 5.41) is 0.666. The summed E-state index contributed by atoms with van der Waals surface area (Å²) in [4.78, 5) is 4.18. The molecule has 0 N–H and O–H groups in total. The molecule has 156 valence electrons. The summed E-state index contributed by atoms with van der Waals surface area (Å²) in [5.41, 5.74) is 0. The highest BCUT2D eigenvalue weighted by molar-refractivity contribution is 8.17. The van der Waals surface area contributed by atoms with E-state index in [4.69, 9.17) is 0 Å². The molecule has 0 bridgehead atoms. The molecular formula is C27H30S3. The first-order valence-electron chi connectivity index (χ1n) is 10.9. The van der Waals surface area contributed by atoms with Gasteiger partial charge in [0.2, 0.25) is 0 Å². The second-order valence-corrected chi connectivity index (χ2v) is 12.2. The Morgan fingerprint density at radius 2 is 1.03 bits per heavy atom. The molecule has 3 aromatic carbocycles. The van der Waals surface area contributed by atoms with Gasteiger partial charge in [-0.2, -0.15) is 0 Å². The van der Waals surface area contributed by atoms with Gasteiger partial charge in [0.1, 0.15) is 0 Å². The van der Waals surface area contributed by atoms with Crippen LogP contribution < -0.4 is 0 Å². The standard InChI is InChI=1S/C27H30S3/c1-21(28-24-14-5-2-6-15-24)22-12-11-13-23(20-22)27(29-25-16-7-3-8-17-25)30-26-18-9-4-10-19-26/h2-10,14-19,21-23,27H,11-13,20H2,1H3. The molecular weight excluding hydrogens is 420 g/mol. The lowest BCUT2D eigenvalue weighted by molar-refractivity contribution is 0.279. The Kier molecular flexibility index (Phi) is 8.30. The number of rotatable bonds is 8. The largest absolute Gasteiger partial charge is 0.123 e. The van der Waals surface area contributed by atoms with E-state index < -0.39 is 0 Å². The van der Waals surface area contributed by atoms with Crippen LogP contribution in [-0.2, 0) is 0 Å². The Hall–Kier alpha value is -1.29. The normalized spacial score (nSPS) is 20.2. The summed E-state index contributed by atoms with van der Waals surface area (Å²) in [6.07, 6.45) is 5.42. The van der Waals surface area contributed by atoms with Crippen molar-refractivity contribution in [2.75, 3.05) is 0 Å². The summed E-state index contributed by atoms with van der Waals surface area (Å²) < 4.78 is 0.562. The highest BCUT2D eigenvalue weighted by atomic mass is 32.2. The minimum atomic E-state index is 0.562. The van der Waals surface area contributed by atoms with Gasteiger partial charge in [0.05, 0.1) is 4.58 Å². The molecule has 3 atom stereocenters. The lowest BCUT2D eigenvalue weighted by Crippen LogP contribution is -2.27. The van der Waals surface area contributed by atoms with Crippen LogP contribution in [0.3, 0.4) is 0 Å². The fraction of sp³-hybridized carbons (Fsp3) is 0.333. The van der Waals surface area contributed by atoms with Crippen molar-refractivity contribution in [2.45, 2.75) is 57.1 Å². The van der Waals surface area contributed by atoms with Crippen molar-refractivity contribution in [1.29, 1.82) is 0 Å². The number of thioether (sulfide) groups is 3. The van der Waals surface area contributed by atoms with E-state index in [1.807, 2.05) is 0 Å². The van der Waals surface area contributed by atoms with Crippen molar-refractivity contribution >= 4 is 35.3 Å². The van der Waals surface area contributed by atoms with Crippen molar-refractivity contribution in [3.05, 3.63) is 91.0 Å².